The Balaban J connectivity index is 2.06. The van der Waals surface area contributed by atoms with Gasteiger partial charge in [-0.15, -0.1) is 0 Å². The molecule has 1 unspecified atom stereocenters. The number of hydrogen-bond donors (Lipinski definition) is 1. The number of likely N-dealkylation sites (tertiary alicyclic amines) is 1. The maximum absolute atomic E-state index is 5.78. The quantitative estimate of drug-likeness (QED) is 0.929. The summed E-state index contributed by atoms with van der Waals surface area (Å²) in [7, 11) is 1.73. The molecule has 1 aliphatic heterocycles. The van der Waals surface area contributed by atoms with Crippen LogP contribution in [-0.4, -0.2) is 31.6 Å². The van der Waals surface area contributed by atoms with Gasteiger partial charge in [-0.3, -0.25) is 4.90 Å². The number of piperidine rings is 1. The molecule has 18 heavy (non-hydrogen) atoms. The fraction of sp³-hybridized carbons (Fsp3) is 0.571. The highest BCUT2D eigenvalue weighted by atomic mass is 79.9. The van der Waals surface area contributed by atoms with Crippen LogP contribution in [0.4, 0.5) is 0 Å². The highest BCUT2D eigenvalue weighted by molar-refractivity contribution is 9.10. The van der Waals surface area contributed by atoms with Gasteiger partial charge in [0.25, 0.3) is 0 Å². The Labute approximate surface area is 117 Å². The molecule has 2 N–H and O–H groups in total. The molecule has 1 aromatic carbocycles. The molecule has 2 rings (SSSR count). The van der Waals surface area contributed by atoms with Gasteiger partial charge in [-0.2, -0.15) is 0 Å². The molecule has 0 aliphatic carbocycles. The lowest BCUT2D eigenvalue weighted by atomic mass is 9.98. The zero-order valence-electron chi connectivity index (χ0n) is 10.9. The first-order chi connectivity index (χ1) is 8.72. The molecular weight excluding hydrogens is 292 g/mol. The number of halogens is 1. The van der Waals surface area contributed by atoms with Crippen LogP contribution in [0.15, 0.2) is 22.7 Å². The van der Waals surface area contributed by atoms with Gasteiger partial charge < -0.3 is 10.5 Å². The second kappa shape index (κ2) is 6.55. The molecule has 0 aromatic heterocycles. The van der Waals surface area contributed by atoms with Gasteiger partial charge in [0.05, 0.1) is 7.11 Å². The molecule has 4 heteroatoms. The van der Waals surface area contributed by atoms with E-state index < -0.39 is 0 Å². The Morgan fingerprint density at radius 1 is 1.50 bits per heavy atom. The van der Waals surface area contributed by atoms with Gasteiger partial charge in [0.2, 0.25) is 0 Å². The Morgan fingerprint density at radius 3 is 3.06 bits per heavy atom. The maximum Gasteiger partial charge on any atom is 0.123 e. The van der Waals surface area contributed by atoms with Crippen LogP contribution < -0.4 is 10.5 Å². The van der Waals surface area contributed by atoms with Crippen LogP contribution >= 0.6 is 15.9 Å². The van der Waals surface area contributed by atoms with E-state index in [4.69, 9.17) is 10.5 Å². The summed E-state index contributed by atoms with van der Waals surface area (Å²) in [4.78, 5) is 2.48. The van der Waals surface area contributed by atoms with Crippen LogP contribution in [0.5, 0.6) is 5.75 Å². The van der Waals surface area contributed by atoms with Crippen molar-refractivity contribution in [1.82, 2.24) is 4.90 Å². The van der Waals surface area contributed by atoms with E-state index in [1.165, 1.54) is 18.4 Å². The summed E-state index contributed by atoms with van der Waals surface area (Å²) in [6, 6.07) is 6.18. The van der Waals surface area contributed by atoms with Crippen molar-refractivity contribution in [2.24, 2.45) is 11.7 Å². The van der Waals surface area contributed by atoms with Crippen LogP contribution in [0.1, 0.15) is 18.4 Å². The summed E-state index contributed by atoms with van der Waals surface area (Å²) >= 11 is 3.52. The third kappa shape index (κ3) is 3.46. The zero-order chi connectivity index (χ0) is 13.0. The molecule has 1 atom stereocenters. The van der Waals surface area contributed by atoms with Crippen LogP contribution in [-0.2, 0) is 6.54 Å². The van der Waals surface area contributed by atoms with Crippen LogP contribution in [0.25, 0.3) is 0 Å². The highest BCUT2D eigenvalue weighted by Gasteiger charge is 2.19. The summed E-state index contributed by atoms with van der Waals surface area (Å²) in [6.07, 6.45) is 2.51. The largest absolute Gasteiger partial charge is 0.496 e. The number of nitrogens with two attached hydrogens (primary N) is 1. The second-order valence-corrected chi connectivity index (χ2v) is 5.85. The van der Waals surface area contributed by atoms with E-state index >= 15 is 0 Å². The molecule has 100 valence electrons. The second-order valence-electron chi connectivity index (χ2n) is 4.94. The maximum atomic E-state index is 5.78. The molecule has 0 bridgehead atoms. The van der Waals surface area contributed by atoms with Crippen molar-refractivity contribution in [1.29, 1.82) is 0 Å². The smallest absolute Gasteiger partial charge is 0.123 e. The van der Waals surface area contributed by atoms with Gasteiger partial charge >= 0.3 is 0 Å². The van der Waals surface area contributed by atoms with Gasteiger partial charge in [-0.05, 0) is 50.0 Å². The van der Waals surface area contributed by atoms with Gasteiger partial charge in [0.1, 0.15) is 5.75 Å². The predicted octanol–water partition coefficient (Wildman–Crippen LogP) is 2.63. The van der Waals surface area contributed by atoms with E-state index in [2.05, 4.69) is 26.9 Å². The van der Waals surface area contributed by atoms with E-state index in [0.29, 0.717) is 5.92 Å². The molecule has 1 aromatic rings. The van der Waals surface area contributed by atoms with Gasteiger partial charge in [0.15, 0.2) is 0 Å². The fourth-order valence-electron chi connectivity index (χ4n) is 2.60. The Kier molecular flexibility index (Phi) is 5.03. The molecule has 3 nitrogen and oxygen atoms in total. The molecule has 0 saturated carbocycles. The monoisotopic (exact) mass is 312 g/mol. The lowest BCUT2D eigenvalue weighted by Crippen LogP contribution is -2.37. The fourth-order valence-corrected chi connectivity index (χ4v) is 3.01. The Morgan fingerprint density at radius 2 is 2.33 bits per heavy atom. The molecular formula is C14H21BrN2O. The molecule has 0 spiro atoms. The van der Waals surface area contributed by atoms with Gasteiger partial charge in [0, 0.05) is 23.1 Å². The first-order valence-electron chi connectivity index (χ1n) is 6.47. The van der Waals surface area contributed by atoms with Crippen molar-refractivity contribution in [3.8, 4) is 5.75 Å². The SMILES string of the molecule is COc1ccc(Br)cc1CN1CCCC(CN)C1. The van der Waals surface area contributed by atoms with Crippen molar-refractivity contribution < 1.29 is 4.74 Å². The summed E-state index contributed by atoms with van der Waals surface area (Å²) < 4.78 is 6.53. The number of benzene rings is 1. The minimum atomic E-state index is 0.650. The molecule has 0 amide bonds. The number of hydrogen-bond acceptors (Lipinski definition) is 3. The van der Waals surface area contributed by atoms with Crippen molar-refractivity contribution >= 4 is 15.9 Å². The third-order valence-electron chi connectivity index (χ3n) is 3.57. The van der Waals surface area contributed by atoms with Gasteiger partial charge in [-0.25, -0.2) is 0 Å². The first kappa shape index (κ1) is 13.8. The van der Waals surface area contributed by atoms with Crippen LogP contribution in [0.3, 0.4) is 0 Å². The lowest BCUT2D eigenvalue weighted by molar-refractivity contribution is 0.169. The average Bonchev–Trinajstić information content (AvgIpc) is 2.39. The predicted molar refractivity (Wildman–Crippen MR) is 77.7 cm³/mol. The minimum Gasteiger partial charge on any atom is -0.496 e. The molecule has 1 saturated heterocycles. The topological polar surface area (TPSA) is 38.5 Å². The normalized spacial score (nSPS) is 20.9. The van der Waals surface area contributed by atoms with E-state index in [1.807, 2.05) is 12.1 Å². The minimum absolute atomic E-state index is 0.650. The molecule has 1 heterocycles. The molecule has 0 radical (unpaired) electrons. The Hall–Kier alpha value is -0.580. The standard InChI is InChI=1S/C14H21BrN2O/c1-18-14-5-4-13(15)7-12(14)10-17-6-2-3-11(8-16)9-17/h4-5,7,11H,2-3,6,8-10,16H2,1H3. The van der Waals surface area contributed by atoms with Crippen molar-refractivity contribution in [2.45, 2.75) is 19.4 Å². The Bertz CT molecular complexity index is 397. The lowest BCUT2D eigenvalue weighted by Gasteiger charge is -2.32. The first-order valence-corrected chi connectivity index (χ1v) is 7.27. The van der Waals surface area contributed by atoms with Gasteiger partial charge in [-0.1, -0.05) is 15.9 Å². The average molecular weight is 313 g/mol. The summed E-state index contributed by atoms with van der Waals surface area (Å²) in [5, 5.41) is 0. The van der Waals surface area contributed by atoms with Crippen LogP contribution in [0, 0.1) is 5.92 Å². The van der Waals surface area contributed by atoms with E-state index in [9.17, 15) is 0 Å². The summed E-state index contributed by atoms with van der Waals surface area (Å²) in [6.45, 7) is 4.00. The highest BCUT2D eigenvalue weighted by Crippen LogP contribution is 2.26. The van der Waals surface area contributed by atoms with Crippen molar-refractivity contribution in [3.05, 3.63) is 28.2 Å². The van der Waals surface area contributed by atoms with Crippen molar-refractivity contribution in [3.63, 3.8) is 0 Å². The molecule has 1 fully saturated rings. The third-order valence-corrected chi connectivity index (χ3v) is 4.07. The number of nitrogens with zero attached hydrogens (tertiary/aromatic N) is 1. The zero-order valence-corrected chi connectivity index (χ0v) is 12.4. The molecule has 1 aliphatic rings. The summed E-state index contributed by atoms with van der Waals surface area (Å²) in [5.74, 6) is 1.62. The van der Waals surface area contributed by atoms with Crippen LogP contribution in [0.2, 0.25) is 0 Å². The summed E-state index contributed by atoms with van der Waals surface area (Å²) in [5.41, 5.74) is 7.02. The van der Waals surface area contributed by atoms with E-state index in [0.717, 1.165) is 36.4 Å². The van der Waals surface area contributed by atoms with E-state index in [1.54, 1.807) is 7.11 Å². The number of rotatable bonds is 4. The van der Waals surface area contributed by atoms with E-state index in [-0.39, 0.29) is 0 Å². The number of ether oxygens (including phenoxy) is 1. The number of methoxy groups -OCH3 is 1. The van der Waals surface area contributed by atoms with Crippen molar-refractivity contribution in [2.75, 3.05) is 26.7 Å².